The van der Waals surface area contributed by atoms with Crippen LogP contribution in [0.3, 0.4) is 0 Å². The molecule has 2 aliphatic rings. The second-order valence-electron chi connectivity index (χ2n) is 10.5. The van der Waals surface area contributed by atoms with Gasteiger partial charge in [-0.05, 0) is 22.3 Å². The number of nitrogens with zero attached hydrogens (tertiary/aromatic N) is 2. The van der Waals surface area contributed by atoms with Gasteiger partial charge in [-0.15, -0.1) is 0 Å². The van der Waals surface area contributed by atoms with Gasteiger partial charge in [0.2, 0.25) is 5.90 Å². The third-order valence-corrected chi connectivity index (χ3v) is 8.29. The second kappa shape index (κ2) is 14.0. The molecule has 0 aliphatic carbocycles. The number of benzene rings is 4. The van der Waals surface area contributed by atoms with Crippen molar-refractivity contribution in [3.63, 3.8) is 0 Å². The fraction of sp³-hybridized carbons (Fsp3) is 0.147. The number of carbonyl (C=O) groups excluding carboxylic acids is 4. The van der Waals surface area contributed by atoms with Crippen LogP contribution >= 0.6 is 34.8 Å². The number of aliphatic hydroxyl groups is 1. The van der Waals surface area contributed by atoms with Gasteiger partial charge in [0.05, 0.1) is 0 Å². The van der Waals surface area contributed by atoms with Crippen molar-refractivity contribution in [2.24, 2.45) is 0 Å². The maximum Gasteiger partial charge on any atom is 0.328 e. The number of hydrogen-bond donors (Lipinski definition) is 4. The lowest BCUT2D eigenvalue weighted by Crippen LogP contribution is -2.45. The Bertz CT molecular complexity index is 1730. The number of rotatable bonds is 7. The van der Waals surface area contributed by atoms with Crippen molar-refractivity contribution >= 4 is 64.6 Å². The highest BCUT2D eigenvalue weighted by molar-refractivity contribution is 6.76. The lowest BCUT2D eigenvalue weighted by molar-refractivity contribution is -0.133. The van der Waals surface area contributed by atoms with Crippen LogP contribution in [0.15, 0.2) is 121 Å². The molecule has 0 saturated carbocycles. The normalized spacial score (nSPS) is 16.5. The highest BCUT2D eigenvalue weighted by Gasteiger charge is 2.55. The van der Waals surface area contributed by atoms with Crippen LogP contribution in [0, 0.1) is 5.41 Å². The minimum atomic E-state index is -2.09. The van der Waals surface area contributed by atoms with Crippen molar-refractivity contribution in [1.29, 1.82) is 5.41 Å². The van der Waals surface area contributed by atoms with Crippen LogP contribution in [0.25, 0.3) is 0 Å². The van der Waals surface area contributed by atoms with Gasteiger partial charge in [-0.25, -0.2) is 19.4 Å². The predicted molar refractivity (Wildman–Crippen MR) is 179 cm³/mol. The van der Waals surface area contributed by atoms with Gasteiger partial charge in [0.25, 0.3) is 15.6 Å². The van der Waals surface area contributed by atoms with Gasteiger partial charge < -0.3 is 20.5 Å². The number of ether oxygens (including phenoxy) is 1. The zero-order valence-corrected chi connectivity index (χ0v) is 27.2. The van der Waals surface area contributed by atoms with E-state index in [1.54, 1.807) is 97.1 Å². The zero-order valence-electron chi connectivity index (χ0n) is 25.0. The molecule has 0 aromatic heterocycles. The lowest BCUT2D eigenvalue weighted by atomic mass is 9.83. The van der Waals surface area contributed by atoms with E-state index in [4.69, 9.17) is 44.9 Å². The summed E-state index contributed by atoms with van der Waals surface area (Å²) in [6.45, 7) is -1.20. The van der Waals surface area contributed by atoms with Crippen molar-refractivity contribution in [3.05, 3.63) is 144 Å². The maximum absolute atomic E-state index is 13.3. The van der Waals surface area contributed by atoms with Crippen molar-refractivity contribution in [1.82, 2.24) is 20.4 Å². The van der Waals surface area contributed by atoms with E-state index < -0.39 is 58.1 Å². The topological polar surface area (TPSA) is 152 Å². The average Bonchev–Trinajstić information content (AvgIpc) is 3.52. The summed E-state index contributed by atoms with van der Waals surface area (Å²) in [7, 11) is 0. The van der Waals surface area contributed by atoms with Crippen LogP contribution in [-0.2, 0) is 25.4 Å². The SMILES string of the molecule is N=C(OCN1C(=O)NC(c2ccccc2)(c2ccccc2)C1=O)C(Cl)(Cl)Cl.O=C1NC(c2ccccc2)(c2ccccc2)C(=O)N1CO. The molecule has 0 atom stereocenters. The molecule has 4 aromatic carbocycles. The Labute approximate surface area is 290 Å². The number of alkyl halides is 3. The minimum Gasteiger partial charge on any atom is -0.456 e. The Kier molecular flexibility index (Phi) is 10.1. The molecule has 11 nitrogen and oxygen atoms in total. The fourth-order valence-electron chi connectivity index (χ4n) is 5.48. The molecular weight excluding hydrogens is 681 g/mol. The number of urea groups is 2. The summed E-state index contributed by atoms with van der Waals surface area (Å²) in [5.41, 5.74) is -0.203. The highest BCUT2D eigenvalue weighted by atomic mass is 35.6. The Morgan fingerprint density at radius 1 is 0.625 bits per heavy atom. The van der Waals surface area contributed by atoms with E-state index in [9.17, 15) is 24.3 Å². The smallest absolute Gasteiger partial charge is 0.328 e. The van der Waals surface area contributed by atoms with Crippen molar-refractivity contribution in [3.8, 4) is 0 Å². The first-order valence-electron chi connectivity index (χ1n) is 14.4. The van der Waals surface area contributed by atoms with Crippen molar-refractivity contribution in [2.75, 3.05) is 13.5 Å². The second-order valence-corrected chi connectivity index (χ2v) is 12.8. The molecule has 0 bridgehead atoms. The number of aliphatic hydroxyl groups excluding tert-OH is 1. The number of nitrogens with one attached hydrogen (secondary N) is 3. The molecule has 246 valence electrons. The Hall–Kier alpha value is -4.94. The molecule has 2 saturated heterocycles. The quantitative estimate of drug-likeness (QED) is 0.0893. The van der Waals surface area contributed by atoms with E-state index in [1.807, 2.05) is 24.3 Å². The lowest BCUT2D eigenvalue weighted by Gasteiger charge is -2.28. The van der Waals surface area contributed by atoms with Crippen LogP contribution in [0.2, 0.25) is 0 Å². The fourth-order valence-corrected chi connectivity index (χ4v) is 5.64. The molecule has 4 N–H and O–H groups in total. The average molecular weight is 709 g/mol. The van der Waals surface area contributed by atoms with Crippen LogP contribution in [-0.4, -0.2) is 61.9 Å². The zero-order chi connectivity index (χ0) is 34.5. The van der Waals surface area contributed by atoms with Gasteiger partial charge in [0, 0.05) is 0 Å². The highest BCUT2D eigenvalue weighted by Crippen LogP contribution is 2.37. The van der Waals surface area contributed by atoms with Gasteiger partial charge in [-0.1, -0.05) is 156 Å². The van der Waals surface area contributed by atoms with E-state index in [0.29, 0.717) is 22.3 Å². The molecular formula is C34H28Cl3N5O6. The van der Waals surface area contributed by atoms with Crippen LogP contribution in [0.1, 0.15) is 22.3 Å². The first-order valence-corrected chi connectivity index (χ1v) is 15.5. The summed E-state index contributed by atoms with van der Waals surface area (Å²) in [5.74, 6) is -1.72. The molecule has 2 aliphatic heterocycles. The third-order valence-electron chi connectivity index (χ3n) is 7.78. The summed E-state index contributed by atoms with van der Waals surface area (Å²) >= 11 is 16.7. The molecule has 4 aromatic rings. The molecule has 2 fully saturated rings. The standard InChI is InChI=1S/C18H14Cl3N3O3.C16H14N2O3/c19-18(20,21)14(22)27-11-24-15(25)17(23-16(24)26,12-7-3-1-4-8-12)13-9-5-2-6-10-13;19-11-18-14(20)16(17-15(18)21,12-7-3-1-4-8-12)13-9-5-2-6-10-13/h1-10,22H,11H2,(H,23,26);1-10,19H,11H2,(H,17,21). The van der Waals surface area contributed by atoms with E-state index >= 15 is 0 Å². The van der Waals surface area contributed by atoms with Crippen molar-refractivity contribution < 1.29 is 29.0 Å². The monoisotopic (exact) mass is 707 g/mol. The maximum atomic E-state index is 13.3. The summed E-state index contributed by atoms with van der Waals surface area (Å²) < 4.78 is 2.94. The number of imide groups is 2. The molecule has 0 radical (unpaired) electrons. The van der Waals surface area contributed by atoms with Crippen molar-refractivity contribution in [2.45, 2.75) is 14.9 Å². The van der Waals surface area contributed by atoms with E-state index in [2.05, 4.69) is 10.6 Å². The summed E-state index contributed by atoms with van der Waals surface area (Å²) in [6, 6.07) is 34.5. The predicted octanol–water partition coefficient (Wildman–Crippen LogP) is 5.24. The van der Waals surface area contributed by atoms with Crippen LogP contribution in [0.5, 0.6) is 0 Å². The van der Waals surface area contributed by atoms with Crippen LogP contribution in [0.4, 0.5) is 9.59 Å². The summed E-state index contributed by atoms with van der Waals surface area (Å²) in [6.07, 6.45) is 0. The molecule has 2 heterocycles. The number of hydrogen-bond acceptors (Lipinski definition) is 7. The number of amides is 6. The molecule has 48 heavy (non-hydrogen) atoms. The molecule has 0 spiro atoms. The van der Waals surface area contributed by atoms with Gasteiger partial charge >= 0.3 is 12.1 Å². The van der Waals surface area contributed by atoms with E-state index in [0.717, 1.165) is 9.80 Å². The van der Waals surface area contributed by atoms with Gasteiger partial charge in [0.1, 0.15) is 6.73 Å². The first-order chi connectivity index (χ1) is 23.0. The molecule has 6 amide bonds. The molecule has 14 heteroatoms. The minimum absolute atomic E-state index is 0.479. The largest absolute Gasteiger partial charge is 0.456 e. The first kappa shape index (κ1) is 34.4. The Balaban J connectivity index is 0.000000194. The van der Waals surface area contributed by atoms with E-state index in [-0.39, 0.29) is 0 Å². The molecule has 0 unspecified atom stereocenters. The van der Waals surface area contributed by atoms with Gasteiger partial charge in [-0.3, -0.25) is 15.0 Å². The number of carbonyl (C=O) groups is 4. The molecule has 6 rings (SSSR count). The van der Waals surface area contributed by atoms with Gasteiger partial charge in [-0.2, -0.15) is 0 Å². The Morgan fingerprint density at radius 3 is 1.23 bits per heavy atom. The van der Waals surface area contributed by atoms with Crippen LogP contribution < -0.4 is 10.6 Å². The summed E-state index contributed by atoms with van der Waals surface area (Å²) in [5, 5.41) is 22.3. The van der Waals surface area contributed by atoms with E-state index in [1.165, 1.54) is 0 Å². The summed E-state index contributed by atoms with van der Waals surface area (Å²) in [4.78, 5) is 52.3. The third kappa shape index (κ3) is 6.33. The number of halogens is 3. The van der Waals surface area contributed by atoms with Gasteiger partial charge in [0.15, 0.2) is 17.8 Å². The Morgan fingerprint density at radius 2 is 0.938 bits per heavy atom.